The van der Waals surface area contributed by atoms with Crippen molar-refractivity contribution in [1.82, 2.24) is 15.3 Å². The van der Waals surface area contributed by atoms with Crippen LogP contribution in [0.15, 0.2) is 48.8 Å². The van der Waals surface area contributed by atoms with Gasteiger partial charge in [-0.15, -0.1) is 0 Å². The predicted molar refractivity (Wildman–Crippen MR) is 114 cm³/mol. The molecule has 0 aromatic heterocycles. The molecule has 160 valence electrons. The molecule has 8 nitrogen and oxygen atoms in total. The molecule has 31 heavy (non-hydrogen) atoms. The molecule has 8 heteroatoms. The molecule has 2 atom stereocenters. The summed E-state index contributed by atoms with van der Waals surface area (Å²) in [5.74, 6) is 1.12. The number of benzene rings is 2. The van der Waals surface area contributed by atoms with Crippen LogP contribution in [0.25, 0.3) is 0 Å². The highest BCUT2D eigenvalue weighted by Gasteiger charge is 2.40. The number of ether oxygens (including phenoxy) is 2. The first-order valence-electron chi connectivity index (χ1n) is 10.3. The third kappa shape index (κ3) is 3.70. The van der Waals surface area contributed by atoms with Crippen molar-refractivity contribution < 1.29 is 19.1 Å². The molecule has 1 fully saturated rings. The topological polar surface area (TPSA) is 83.1 Å². The molecule has 3 aliphatic heterocycles. The molecule has 0 spiro atoms. The van der Waals surface area contributed by atoms with E-state index in [9.17, 15) is 9.59 Å². The Morgan fingerprint density at radius 1 is 1.13 bits per heavy atom. The lowest BCUT2D eigenvalue weighted by atomic mass is 10.0. The number of nitrogens with one attached hydrogen (secondary N) is 2. The van der Waals surface area contributed by atoms with Gasteiger partial charge in [-0.2, -0.15) is 0 Å². The summed E-state index contributed by atoms with van der Waals surface area (Å²) in [5.41, 5.74) is 7.27. The largest absolute Gasteiger partial charge is 0.454 e. The molecular weight excluding hydrogens is 396 g/mol. The number of amides is 2. The van der Waals surface area contributed by atoms with Gasteiger partial charge in [0.1, 0.15) is 12.6 Å². The second-order valence-electron chi connectivity index (χ2n) is 8.08. The van der Waals surface area contributed by atoms with Crippen molar-refractivity contribution in [3.63, 3.8) is 0 Å². The molecule has 0 saturated carbocycles. The molecule has 3 heterocycles. The second-order valence-corrected chi connectivity index (χ2v) is 8.08. The average Bonchev–Trinajstić information content (AvgIpc) is 3.39. The highest BCUT2D eigenvalue weighted by Crippen LogP contribution is 2.37. The number of aryl methyl sites for hydroxylation is 2. The van der Waals surface area contributed by atoms with E-state index in [0.717, 1.165) is 33.9 Å². The lowest BCUT2D eigenvalue weighted by Crippen LogP contribution is -2.49. The van der Waals surface area contributed by atoms with Crippen LogP contribution in [0.2, 0.25) is 0 Å². The summed E-state index contributed by atoms with van der Waals surface area (Å²) in [6.07, 6.45) is 4.05. The van der Waals surface area contributed by atoms with Gasteiger partial charge in [0.15, 0.2) is 11.5 Å². The van der Waals surface area contributed by atoms with Gasteiger partial charge in [-0.3, -0.25) is 9.59 Å². The van der Waals surface area contributed by atoms with Crippen molar-refractivity contribution in [3.8, 4) is 11.5 Å². The Morgan fingerprint density at radius 3 is 2.81 bits per heavy atom. The summed E-state index contributed by atoms with van der Waals surface area (Å²) in [6.45, 7) is 4.16. The van der Waals surface area contributed by atoms with Gasteiger partial charge in [0.05, 0.1) is 6.04 Å². The zero-order valence-electron chi connectivity index (χ0n) is 17.4. The fraction of sp³-hybridized carbons (Fsp3) is 0.304. The van der Waals surface area contributed by atoms with E-state index in [4.69, 9.17) is 9.47 Å². The minimum Gasteiger partial charge on any atom is -0.454 e. The van der Waals surface area contributed by atoms with Gasteiger partial charge < -0.3 is 24.7 Å². The molecular formula is C23H24N4O4. The maximum Gasteiger partial charge on any atom is 0.251 e. The Morgan fingerprint density at radius 2 is 1.97 bits per heavy atom. The summed E-state index contributed by atoms with van der Waals surface area (Å²) in [4.78, 5) is 27.1. The number of hydrazine groups is 1. The SMILES string of the molecule is Cc1ccc(NC(=O)CN2C=CN3NC(c4ccc5c(c4)OCO5)CC3C2=O)c(C)c1. The van der Waals surface area contributed by atoms with Gasteiger partial charge in [0, 0.05) is 18.1 Å². The van der Waals surface area contributed by atoms with Gasteiger partial charge in [-0.1, -0.05) is 23.8 Å². The number of hydrogen-bond acceptors (Lipinski definition) is 6. The van der Waals surface area contributed by atoms with Crippen molar-refractivity contribution >= 4 is 17.5 Å². The maximum absolute atomic E-state index is 13.0. The van der Waals surface area contributed by atoms with E-state index >= 15 is 0 Å². The second kappa shape index (κ2) is 7.63. The Bertz CT molecular complexity index is 1080. The highest BCUT2D eigenvalue weighted by atomic mass is 16.7. The molecule has 0 radical (unpaired) electrons. The molecule has 2 aromatic carbocycles. The zero-order valence-corrected chi connectivity index (χ0v) is 17.4. The molecule has 2 N–H and O–H groups in total. The maximum atomic E-state index is 13.0. The molecule has 0 aliphatic carbocycles. The van der Waals surface area contributed by atoms with Crippen molar-refractivity contribution in [3.05, 3.63) is 65.5 Å². The van der Waals surface area contributed by atoms with E-state index in [1.807, 2.05) is 61.5 Å². The van der Waals surface area contributed by atoms with E-state index in [1.165, 1.54) is 4.90 Å². The molecule has 2 aromatic rings. The Labute approximate surface area is 180 Å². The van der Waals surface area contributed by atoms with Gasteiger partial charge in [-0.25, -0.2) is 5.43 Å². The number of carbonyl (C=O) groups is 2. The third-order valence-corrected chi connectivity index (χ3v) is 5.84. The van der Waals surface area contributed by atoms with Crippen molar-refractivity contribution in [2.45, 2.75) is 32.4 Å². The van der Waals surface area contributed by atoms with E-state index in [1.54, 1.807) is 6.20 Å². The molecule has 0 bridgehead atoms. The summed E-state index contributed by atoms with van der Waals surface area (Å²) in [5, 5.41) is 4.72. The molecule has 2 amide bonds. The summed E-state index contributed by atoms with van der Waals surface area (Å²) >= 11 is 0. The van der Waals surface area contributed by atoms with E-state index < -0.39 is 0 Å². The van der Waals surface area contributed by atoms with Crippen LogP contribution >= 0.6 is 0 Å². The smallest absolute Gasteiger partial charge is 0.251 e. The average molecular weight is 420 g/mol. The van der Waals surface area contributed by atoms with Crippen molar-refractivity contribution in [1.29, 1.82) is 0 Å². The van der Waals surface area contributed by atoms with Crippen LogP contribution in [0.3, 0.4) is 0 Å². The summed E-state index contributed by atoms with van der Waals surface area (Å²) in [6, 6.07) is 11.3. The molecule has 3 aliphatic rings. The monoisotopic (exact) mass is 420 g/mol. The van der Waals surface area contributed by atoms with Crippen LogP contribution in [-0.4, -0.2) is 41.1 Å². The van der Waals surface area contributed by atoms with Crippen LogP contribution in [0.5, 0.6) is 11.5 Å². The predicted octanol–water partition coefficient (Wildman–Crippen LogP) is 2.60. The van der Waals surface area contributed by atoms with Gasteiger partial charge in [0.2, 0.25) is 12.7 Å². The summed E-state index contributed by atoms with van der Waals surface area (Å²) in [7, 11) is 0. The van der Waals surface area contributed by atoms with Crippen LogP contribution in [0, 0.1) is 13.8 Å². The molecule has 2 unspecified atom stereocenters. The lowest BCUT2D eigenvalue weighted by molar-refractivity contribution is -0.137. The standard InChI is InChI=1S/C23H24N4O4/c1-14-3-5-17(15(2)9-14)24-22(28)12-26-7-8-27-19(23(26)29)11-18(25-27)16-4-6-20-21(10-16)31-13-30-20/h3-10,18-19,25H,11-13H2,1-2H3,(H,24,28). The highest BCUT2D eigenvalue weighted by molar-refractivity contribution is 5.96. The molecule has 1 saturated heterocycles. The van der Waals surface area contributed by atoms with Crippen molar-refractivity contribution in [2.75, 3.05) is 18.7 Å². The first-order valence-corrected chi connectivity index (χ1v) is 10.3. The Kier molecular flexibility index (Phi) is 4.78. The normalized spacial score (nSPS) is 21.4. The summed E-state index contributed by atoms with van der Waals surface area (Å²) < 4.78 is 10.8. The van der Waals surface area contributed by atoms with Crippen LogP contribution in [0.1, 0.15) is 29.2 Å². The number of carbonyl (C=O) groups excluding carboxylic acids is 2. The van der Waals surface area contributed by atoms with E-state index in [2.05, 4.69) is 10.7 Å². The third-order valence-electron chi connectivity index (χ3n) is 5.84. The number of hydrogen-bond donors (Lipinski definition) is 2. The minimum absolute atomic E-state index is 0.0261. The first-order chi connectivity index (χ1) is 15.0. The number of rotatable bonds is 4. The van der Waals surface area contributed by atoms with Crippen LogP contribution < -0.4 is 20.2 Å². The van der Waals surface area contributed by atoms with Crippen LogP contribution in [-0.2, 0) is 9.59 Å². The Hall–Kier alpha value is -3.52. The van der Waals surface area contributed by atoms with Gasteiger partial charge >= 0.3 is 0 Å². The fourth-order valence-corrected chi connectivity index (χ4v) is 4.21. The zero-order chi connectivity index (χ0) is 21.5. The quantitative estimate of drug-likeness (QED) is 0.791. The van der Waals surface area contributed by atoms with Crippen LogP contribution in [0.4, 0.5) is 5.69 Å². The number of fused-ring (bicyclic) bond motifs is 2. The Balaban J connectivity index is 1.24. The number of nitrogens with zero attached hydrogens (tertiary/aromatic N) is 2. The first kappa shape index (κ1) is 19.4. The van der Waals surface area contributed by atoms with E-state index in [0.29, 0.717) is 6.42 Å². The van der Waals surface area contributed by atoms with Crippen molar-refractivity contribution in [2.24, 2.45) is 0 Å². The lowest BCUT2D eigenvalue weighted by Gasteiger charge is -2.31. The fourth-order valence-electron chi connectivity index (χ4n) is 4.21. The number of anilines is 1. The van der Waals surface area contributed by atoms with Gasteiger partial charge in [0.25, 0.3) is 5.91 Å². The minimum atomic E-state index is -0.366. The molecule has 5 rings (SSSR count). The van der Waals surface area contributed by atoms with E-state index in [-0.39, 0.29) is 37.2 Å². The van der Waals surface area contributed by atoms with Gasteiger partial charge in [-0.05, 0) is 49.6 Å².